The number of nitrogens with one attached hydrogen (secondary N) is 2. The van der Waals surface area contributed by atoms with E-state index in [2.05, 4.69) is 34.4 Å². The Morgan fingerprint density at radius 3 is 2.26 bits per heavy atom. The van der Waals surface area contributed by atoms with Gasteiger partial charge < -0.3 is 25.4 Å². The molecule has 0 spiro atoms. The zero-order chi connectivity index (χ0) is 19.4. The average Bonchev–Trinajstić information content (AvgIpc) is 2.63. The minimum Gasteiger partial charge on any atom is -0.491 e. The van der Waals surface area contributed by atoms with Gasteiger partial charge in [-0.2, -0.15) is 0 Å². The molecule has 1 atom stereocenters. The summed E-state index contributed by atoms with van der Waals surface area (Å²) < 4.78 is 5.63. The first-order valence-corrected chi connectivity index (χ1v) is 9.69. The minimum absolute atomic E-state index is 0. The Labute approximate surface area is 181 Å². The highest BCUT2D eigenvalue weighted by Crippen LogP contribution is 2.19. The molecule has 1 rings (SSSR count). The normalized spacial score (nSPS) is 12.7. The van der Waals surface area contributed by atoms with E-state index < -0.39 is 6.10 Å². The van der Waals surface area contributed by atoms with Crippen LogP contribution in [0.15, 0.2) is 29.3 Å². The molecule has 156 valence electrons. The van der Waals surface area contributed by atoms with E-state index in [4.69, 9.17) is 4.74 Å². The third-order valence-electron chi connectivity index (χ3n) is 4.02. The molecule has 0 heterocycles. The molecule has 0 saturated carbocycles. The lowest BCUT2D eigenvalue weighted by Gasteiger charge is -2.19. The molecule has 0 bridgehead atoms. The summed E-state index contributed by atoms with van der Waals surface area (Å²) in [6.45, 7) is 15.3. The van der Waals surface area contributed by atoms with E-state index in [0.717, 1.165) is 50.0 Å². The van der Waals surface area contributed by atoms with Crippen molar-refractivity contribution >= 4 is 29.9 Å². The molecular weight excluding hydrogens is 455 g/mol. The Balaban J connectivity index is 0.00000676. The number of rotatable bonds is 11. The lowest BCUT2D eigenvalue weighted by molar-refractivity contribution is 0.186. The van der Waals surface area contributed by atoms with Gasteiger partial charge in [0.25, 0.3) is 0 Å². The van der Waals surface area contributed by atoms with Crippen molar-refractivity contribution in [3.05, 3.63) is 29.8 Å². The van der Waals surface area contributed by atoms with Crippen molar-refractivity contribution in [3.8, 4) is 5.75 Å². The van der Waals surface area contributed by atoms with Crippen molar-refractivity contribution in [1.29, 1.82) is 0 Å². The highest BCUT2D eigenvalue weighted by Gasteiger charge is 2.08. The third kappa shape index (κ3) is 10.8. The lowest BCUT2D eigenvalue weighted by Crippen LogP contribution is -2.41. The van der Waals surface area contributed by atoms with Gasteiger partial charge in [0.2, 0.25) is 0 Å². The number of aliphatic hydroxyl groups is 1. The van der Waals surface area contributed by atoms with Gasteiger partial charge in [0, 0.05) is 19.6 Å². The number of likely N-dealkylation sites (N-methyl/N-ethyl adjacent to an activating group) is 1. The Hall–Kier alpha value is -1.06. The number of benzene rings is 1. The van der Waals surface area contributed by atoms with Gasteiger partial charge in [0.1, 0.15) is 5.75 Å². The van der Waals surface area contributed by atoms with Gasteiger partial charge in [0.15, 0.2) is 5.96 Å². The lowest BCUT2D eigenvalue weighted by atomic mass is 10.1. The molecule has 1 unspecified atom stereocenters. The highest BCUT2D eigenvalue weighted by molar-refractivity contribution is 14.0. The molecule has 6 nitrogen and oxygen atoms in total. The van der Waals surface area contributed by atoms with Crippen molar-refractivity contribution in [1.82, 2.24) is 15.5 Å². The monoisotopic (exact) mass is 492 g/mol. The predicted molar refractivity (Wildman–Crippen MR) is 124 cm³/mol. The first kappa shape index (κ1) is 25.9. The van der Waals surface area contributed by atoms with Crippen molar-refractivity contribution in [2.45, 2.75) is 46.8 Å². The van der Waals surface area contributed by atoms with Crippen LogP contribution in [0.1, 0.15) is 46.3 Å². The van der Waals surface area contributed by atoms with E-state index in [0.29, 0.717) is 6.54 Å². The molecule has 0 amide bonds. The van der Waals surface area contributed by atoms with Crippen LogP contribution < -0.4 is 15.4 Å². The fourth-order valence-electron chi connectivity index (χ4n) is 2.54. The van der Waals surface area contributed by atoms with Gasteiger partial charge in [-0.15, -0.1) is 24.0 Å². The number of aliphatic imine (C=N–C) groups is 1. The zero-order valence-corrected chi connectivity index (χ0v) is 19.7. The third-order valence-corrected chi connectivity index (χ3v) is 4.02. The molecule has 1 aromatic rings. The van der Waals surface area contributed by atoms with Gasteiger partial charge in [-0.1, -0.05) is 26.0 Å². The SMILES string of the molecule is CCNC(=NCC(O)c1ccc(OC(C)C)cc1)NCCN(CC)CC.I. The van der Waals surface area contributed by atoms with Gasteiger partial charge in [-0.25, -0.2) is 0 Å². The fourth-order valence-corrected chi connectivity index (χ4v) is 2.54. The Morgan fingerprint density at radius 2 is 1.74 bits per heavy atom. The molecule has 0 fully saturated rings. The maximum absolute atomic E-state index is 10.4. The van der Waals surface area contributed by atoms with E-state index in [1.807, 2.05) is 45.0 Å². The summed E-state index contributed by atoms with van der Waals surface area (Å²) in [5.41, 5.74) is 0.837. The number of hydrogen-bond donors (Lipinski definition) is 3. The number of guanidine groups is 1. The second-order valence-corrected chi connectivity index (χ2v) is 6.42. The second-order valence-electron chi connectivity index (χ2n) is 6.42. The standard InChI is InChI=1S/C20H36N4O2.HI/c1-6-21-20(22-13-14-24(7-2)8-3)23-15-19(25)17-9-11-18(12-10-17)26-16(4)5;/h9-12,16,19,25H,6-8,13-15H2,1-5H3,(H2,21,22,23);1H. The van der Waals surface area contributed by atoms with E-state index in [-0.39, 0.29) is 30.1 Å². The van der Waals surface area contributed by atoms with E-state index in [1.54, 1.807) is 0 Å². The molecule has 0 saturated heterocycles. The Morgan fingerprint density at radius 1 is 1.11 bits per heavy atom. The summed E-state index contributed by atoms with van der Waals surface area (Å²) in [6, 6.07) is 7.54. The molecule has 0 aliphatic heterocycles. The average molecular weight is 492 g/mol. The quantitative estimate of drug-likeness (QED) is 0.252. The molecule has 27 heavy (non-hydrogen) atoms. The minimum atomic E-state index is -0.638. The molecule has 7 heteroatoms. The van der Waals surface area contributed by atoms with Gasteiger partial charge in [0.05, 0.1) is 18.8 Å². The molecule has 0 aliphatic carbocycles. The van der Waals surface area contributed by atoms with E-state index in [9.17, 15) is 5.11 Å². The Kier molecular flexibility index (Phi) is 14.3. The van der Waals surface area contributed by atoms with Crippen LogP contribution in [0, 0.1) is 0 Å². The number of nitrogens with zero attached hydrogens (tertiary/aromatic N) is 2. The van der Waals surface area contributed by atoms with E-state index in [1.165, 1.54) is 0 Å². The highest BCUT2D eigenvalue weighted by atomic mass is 127. The summed E-state index contributed by atoms with van der Waals surface area (Å²) >= 11 is 0. The maximum Gasteiger partial charge on any atom is 0.191 e. The van der Waals surface area contributed by atoms with Crippen LogP contribution in [0.25, 0.3) is 0 Å². The fraction of sp³-hybridized carbons (Fsp3) is 0.650. The zero-order valence-electron chi connectivity index (χ0n) is 17.4. The molecule has 1 aromatic carbocycles. The smallest absolute Gasteiger partial charge is 0.191 e. The molecule has 3 N–H and O–H groups in total. The molecular formula is C20H37IN4O2. The van der Waals surface area contributed by atoms with Crippen molar-refractivity contribution in [3.63, 3.8) is 0 Å². The Bertz CT molecular complexity index is 519. The molecule has 0 aliphatic rings. The van der Waals surface area contributed by atoms with Crippen LogP contribution in [-0.2, 0) is 0 Å². The van der Waals surface area contributed by atoms with Gasteiger partial charge >= 0.3 is 0 Å². The number of ether oxygens (including phenoxy) is 1. The second kappa shape index (κ2) is 14.9. The summed E-state index contributed by atoms with van der Waals surface area (Å²) in [7, 11) is 0. The first-order valence-electron chi connectivity index (χ1n) is 9.69. The summed E-state index contributed by atoms with van der Waals surface area (Å²) in [5.74, 6) is 1.55. The van der Waals surface area contributed by atoms with Crippen molar-refractivity contribution in [2.75, 3.05) is 39.3 Å². The van der Waals surface area contributed by atoms with Crippen LogP contribution in [0.2, 0.25) is 0 Å². The van der Waals surface area contributed by atoms with E-state index >= 15 is 0 Å². The van der Waals surface area contributed by atoms with Crippen LogP contribution in [-0.4, -0.2) is 61.3 Å². The summed E-state index contributed by atoms with van der Waals surface area (Å²) in [5, 5.41) is 16.9. The van der Waals surface area contributed by atoms with Crippen molar-refractivity contribution < 1.29 is 9.84 Å². The topological polar surface area (TPSA) is 69.1 Å². The van der Waals surface area contributed by atoms with Crippen molar-refractivity contribution in [2.24, 2.45) is 4.99 Å². The number of halogens is 1. The number of hydrogen-bond acceptors (Lipinski definition) is 4. The first-order chi connectivity index (χ1) is 12.5. The molecule has 0 radical (unpaired) electrons. The van der Waals surface area contributed by atoms with Gasteiger partial charge in [-0.3, -0.25) is 4.99 Å². The largest absolute Gasteiger partial charge is 0.491 e. The maximum atomic E-state index is 10.4. The summed E-state index contributed by atoms with van der Waals surface area (Å²) in [6.07, 6.45) is -0.498. The summed E-state index contributed by atoms with van der Waals surface area (Å²) in [4.78, 5) is 6.86. The van der Waals surface area contributed by atoms with Crippen LogP contribution >= 0.6 is 24.0 Å². The number of aliphatic hydroxyl groups excluding tert-OH is 1. The van der Waals surface area contributed by atoms with Gasteiger partial charge in [-0.05, 0) is 51.6 Å². The predicted octanol–water partition coefficient (Wildman–Crippen LogP) is 3.02. The van der Waals surface area contributed by atoms with Crippen LogP contribution in [0.3, 0.4) is 0 Å². The van der Waals surface area contributed by atoms with Crippen LogP contribution in [0.4, 0.5) is 0 Å². The van der Waals surface area contributed by atoms with Crippen LogP contribution in [0.5, 0.6) is 5.75 Å². The molecule has 0 aromatic heterocycles.